The first-order valence-corrected chi connectivity index (χ1v) is 6.08. The van der Waals surface area contributed by atoms with E-state index in [0.717, 1.165) is 12.8 Å². The highest BCUT2D eigenvalue weighted by molar-refractivity contribution is 5.55. The molecular formula is C15H21N. The van der Waals surface area contributed by atoms with Crippen LogP contribution in [0.25, 0.3) is 0 Å². The van der Waals surface area contributed by atoms with Crippen molar-refractivity contribution in [2.75, 3.05) is 0 Å². The Kier molecular flexibility index (Phi) is 6.24. The van der Waals surface area contributed by atoms with E-state index < -0.39 is 0 Å². The summed E-state index contributed by atoms with van der Waals surface area (Å²) in [6.07, 6.45) is 8.70. The molecule has 0 N–H and O–H groups in total. The minimum atomic E-state index is 0.939. The van der Waals surface area contributed by atoms with Gasteiger partial charge in [0.2, 0.25) is 0 Å². The highest BCUT2D eigenvalue weighted by atomic mass is 14.7. The zero-order chi connectivity index (χ0) is 11.6. The van der Waals surface area contributed by atoms with E-state index >= 15 is 0 Å². The summed E-state index contributed by atoms with van der Waals surface area (Å²) >= 11 is 0. The van der Waals surface area contributed by atoms with Gasteiger partial charge in [-0.05, 0) is 18.9 Å². The van der Waals surface area contributed by atoms with E-state index in [1.54, 1.807) is 0 Å². The predicted molar refractivity (Wildman–Crippen MR) is 71.9 cm³/mol. The zero-order valence-corrected chi connectivity index (χ0v) is 10.3. The molecule has 1 nitrogen and oxygen atoms in total. The summed E-state index contributed by atoms with van der Waals surface area (Å²) in [5.41, 5.74) is 2.51. The van der Waals surface area contributed by atoms with Gasteiger partial charge in [0.05, 0.1) is 0 Å². The molecule has 0 heterocycles. The molecule has 1 aromatic rings. The van der Waals surface area contributed by atoms with Crippen molar-refractivity contribution in [1.29, 1.82) is 0 Å². The van der Waals surface area contributed by atoms with Crippen LogP contribution >= 0.6 is 0 Å². The lowest BCUT2D eigenvalue weighted by Crippen LogP contribution is -1.88. The van der Waals surface area contributed by atoms with Crippen molar-refractivity contribution in [3.05, 3.63) is 47.7 Å². The van der Waals surface area contributed by atoms with Crippen LogP contribution in [0.1, 0.15) is 38.7 Å². The number of hydrogen-bond donors (Lipinski definition) is 0. The van der Waals surface area contributed by atoms with Gasteiger partial charge in [0.25, 0.3) is 0 Å². The van der Waals surface area contributed by atoms with Crippen molar-refractivity contribution in [2.45, 2.75) is 39.5 Å². The standard InChI is InChI=1S/C15H21N/c1-3-5-7-12-15(16-4-2)13-14-10-8-6-9-11-14/h4,6,8-12H,3,5,7,13H2,1-2H3/b15-12-,16-4?. The average molecular weight is 215 g/mol. The zero-order valence-electron chi connectivity index (χ0n) is 10.3. The van der Waals surface area contributed by atoms with E-state index in [4.69, 9.17) is 0 Å². The summed E-state index contributed by atoms with van der Waals surface area (Å²) in [5.74, 6) is 0. The Balaban J connectivity index is 2.61. The molecule has 0 fully saturated rings. The van der Waals surface area contributed by atoms with Crippen molar-refractivity contribution in [1.82, 2.24) is 0 Å². The van der Waals surface area contributed by atoms with Crippen LogP contribution in [0.4, 0.5) is 0 Å². The molecule has 0 aliphatic heterocycles. The Morgan fingerprint density at radius 3 is 2.62 bits per heavy atom. The molecule has 0 radical (unpaired) electrons. The lowest BCUT2D eigenvalue weighted by Gasteiger charge is -2.02. The highest BCUT2D eigenvalue weighted by Crippen LogP contribution is 2.10. The number of hydrogen-bond acceptors (Lipinski definition) is 1. The molecule has 86 valence electrons. The quantitative estimate of drug-likeness (QED) is 0.493. The Bertz CT molecular complexity index is 336. The highest BCUT2D eigenvalue weighted by Gasteiger charge is 1.96. The molecule has 1 rings (SSSR count). The number of aliphatic imine (C=N–C) groups is 1. The average Bonchev–Trinajstić information content (AvgIpc) is 2.31. The van der Waals surface area contributed by atoms with Gasteiger partial charge in [-0.15, -0.1) is 0 Å². The maximum absolute atomic E-state index is 4.43. The molecule has 1 aromatic carbocycles. The van der Waals surface area contributed by atoms with Gasteiger partial charge in [-0.3, -0.25) is 4.99 Å². The molecular weight excluding hydrogens is 194 g/mol. The van der Waals surface area contributed by atoms with Gasteiger partial charge in [-0.1, -0.05) is 56.2 Å². The van der Waals surface area contributed by atoms with Gasteiger partial charge in [0, 0.05) is 18.3 Å². The molecule has 0 atom stereocenters. The van der Waals surface area contributed by atoms with Crippen LogP contribution in [-0.4, -0.2) is 6.21 Å². The van der Waals surface area contributed by atoms with Crippen molar-refractivity contribution < 1.29 is 0 Å². The molecule has 0 aliphatic carbocycles. The molecule has 0 aliphatic rings. The molecule has 0 saturated heterocycles. The van der Waals surface area contributed by atoms with E-state index in [1.807, 2.05) is 19.2 Å². The summed E-state index contributed by atoms with van der Waals surface area (Å²) in [5, 5.41) is 0. The van der Waals surface area contributed by atoms with Gasteiger partial charge in [0.15, 0.2) is 0 Å². The first-order valence-electron chi connectivity index (χ1n) is 6.08. The van der Waals surface area contributed by atoms with Crippen molar-refractivity contribution >= 4 is 6.21 Å². The summed E-state index contributed by atoms with van der Waals surface area (Å²) in [6.45, 7) is 4.19. The van der Waals surface area contributed by atoms with Crippen LogP contribution in [0.2, 0.25) is 0 Å². The second kappa shape index (κ2) is 7.86. The van der Waals surface area contributed by atoms with E-state index in [0.29, 0.717) is 0 Å². The number of rotatable bonds is 6. The molecule has 1 heteroatoms. The Morgan fingerprint density at radius 1 is 1.25 bits per heavy atom. The monoisotopic (exact) mass is 215 g/mol. The van der Waals surface area contributed by atoms with Gasteiger partial charge < -0.3 is 0 Å². The Labute approximate surface area is 98.9 Å². The van der Waals surface area contributed by atoms with Crippen LogP contribution in [0.15, 0.2) is 47.1 Å². The van der Waals surface area contributed by atoms with Crippen LogP contribution in [-0.2, 0) is 6.42 Å². The summed E-state index contributed by atoms with van der Waals surface area (Å²) in [4.78, 5) is 4.43. The first-order chi connectivity index (χ1) is 7.86. The molecule has 0 bridgehead atoms. The summed E-state index contributed by atoms with van der Waals surface area (Å²) in [7, 11) is 0. The number of benzene rings is 1. The molecule has 0 amide bonds. The third kappa shape index (κ3) is 4.92. The maximum atomic E-state index is 4.43. The minimum Gasteiger partial charge on any atom is -0.266 e. The second-order valence-electron chi connectivity index (χ2n) is 3.89. The Hall–Kier alpha value is -1.37. The van der Waals surface area contributed by atoms with Gasteiger partial charge in [-0.25, -0.2) is 0 Å². The second-order valence-corrected chi connectivity index (χ2v) is 3.89. The SMILES string of the molecule is CC=N/C(=C\CCCC)Cc1ccccc1. The van der Waals surface area contributed by atoms with Crippen LogP contribution in [0.3, 0.4) is 0 Å². The van der Waals surface area contributed by atoms with E-state index in [1.165, 1.54) is 24.1 Å². The first kappa shape index (κ1) is 12.7. The fraction of sp³-hybridized carbons (Fsp3) is 0.400. The van der Waals surface area contributed by atoms with Crippen LogP contribution < -0.4 is 0 Å². The summed E-state index contributed by atoms with van der Waals surface area (Å²) in [6, 6.07) is 10.5. The van der Waals surface area contributed by atoms with E-state index in [-0.39, 0.29) is 0 Å². The van der Waals surface area contributed by atoms with E-state index in [9.17, 15) is 0 Å². The number of allylic oxidation sites excluding steroid dienone is 2. The third-order valence-electron chi connectivity index (χ3n) is 2.46. The minimum absolute atomic E-state index is 0.939. The molecule has 0 aromatic heterocycles. The van der Waals surface area contributed by atoms with Crippen molar-refractivity contribution in [3.63, 3.8) is 0 Å². The van der Waals surface area contributed by atoms with Crippen molar-refractivity contribution in [3.8, 4) is 0 Å². The lowest BCUT2D eigenvalue weighted by molar-refractivity contribution is 0.807. The maximum Gasteiger partial charge on any atom is 0.0403 e. The van der Waals surface area contributed by atoms with Crippen molar-refractivity contribution in [2.24, 2.45) is 4.99 Å². The molecule has 0 spiro atoms. The number of unbranched alkanes of at least 4 members (excludes halogenated alkanes) is 2. The normalized spacial score (nSPS) is 12.2. The Morgan fingerprint density at radius 2 is 2.00 bits per heavy atom. The third-order valence-corrected chi connectivity index (χ3v) is 2.46. The van der Waals surface area contributed by atoms with Crippen LogP contribution in [0.5, 0.6) is 0 Å². The fourth-order valence-corrected chi connectivity index (χ4v) is 1.61. The smallest absolute Gasteiger partial charge is 0.0403 e. The topological polar surface area (TPSA) is 12.4 Å². The van der Waals surface area contributed by atoms with Crippen LogP contribution in [0, 0.1) is 0 Å². The van der Waals surface area contributed by atoms with Gasteiger partial charge in [-0.2, -0.15) is 0 Å². The fourth-order valence-electron chi connectivity index (χ4n) is 1.61. The molecule has 0 unspecified atom stereocenters. The lowest BCUT2D eigenvalue weighted by atomic mass is 10.1. The summed E-state index contributed by atoms with van der Waals surface area (Å²) < 4.78 is 0. The molecule has 16 heavy (non-hydrogen) atoms. The van der Waals surface area contributed by atoms with Gasteiger partial charge in [0.1, 0.15) is 0 Å². The largest absolute Gasteiger partial charge is 0.266 e. The predicted octanol–water partition coefficient (Wildman–Crippen LogP) is 4.39. The molecule has 0 saturated carbocycles. The van der Waals surface area contributed by atoms with E-state index in [2.05, 4.69) is 42.3 Å². The van der Waals surface area contributed by atoms with Gasteiger partial charge >= 0.3 is 0 Å². The number of nitrogens with zero attached hydrogens (tertiary/aromatic N) is 1.